The van der Waals surface area contributed by atoms with Crippen LogP contribution in [-0.4, -0.2) is 49.6 Å². The molecule has 0 aromatic heterocycles. The Hall–Kier alpha value is -1.69. The van der Waals surface area contributed by atoms with Crippen LogP contribution in [0.2, 0.25) is 0 Å². The molecule has 0 amide bonds. The molecule has 1 fully saturated rings. The van der Waals surface area contributed by atoms with Crippen molar-refractivity contribution < 1.29 is 8.42 Å². The predicted octanol–water partition coefficient (Wildman–Crippen LogP) is 2.69. The van der Waals surface area contributed by atoms with Gasteiger partial charge >= 0.3 is 0 Å². The van der Waals surface area contributed by atoms with Crippen molar-refractivity contribution in [2.24, 2.45) is 0 Å². The lowest BCUT2D eigenvalue weighted by molar-refractivity contribution is 0.181. The molecule has 0 N–H and O–H groups in total. The molecule has 0 unspecified atom stereocenters. The van der Waals surface area contributed by atoms with E-state index in [0.29, 0.717) is 19.5 Å². The van der Waals surface area contributed by atoms with Gasteiger partial charge < -0.3 is 0 Å². The third-order valence-corrected chi connectivity index (χ3v) is 6.74. The van der Waals surface area contributed by atoms with Gasteiger partial charge in [-0.2, -0.15) is 4.31 Å². The first kappa shape index (κ1) is 18.1. The number of benzene rings is 2. The van der Waals surface area contributed by atoms with Crippen molar-refractivity contribution in [1.82, 2.24) is 9.21 Å². The lowest BCUT2D eigenvalue weighted by Crippen LogP contribution is -2.49. The van der Waals surface area contributed by atoms with E-state index in [9.17, 15) is 8.42 Å². The van der Waals surface area contributed by atoms with E-state index in [1.165, 1.54) is 11.1 Å². The molecule has 0 aliphatic carbocycles. The van der Waals surface area contributed by atoms with Crippen molar-refractivity contribution in [2.45, 2.75) is 19.9 Å². The molecule has 2 aromatic rings. The summed E-state index contributed by atoms with van der Waals surface area (Å²) in [7, 11) is -3.18. The maximum Gasteiger partial charge on any atom is 0.214 e. The van der Waals surface area contributed by atoms with Gasteiger partial charge in [0.2, 0.25) is 10.0 Å². The SMILES string of the molecule is Cc1ccccc1CN1CCN(S(=O)(=O)CCc2ccccc2)CC1. The fourth-order valence-electron chi connectivity index (χ4n) is 3.21. The Morgan fingerprint density at radius 3 is 2.20 bits per heavy atom. The maximum atomic E-state index is 12.6. The van der Waals surface area contributed by atoms with Crippen molar-refractivity contribution in [1.29, 1.82) is 0 Å². The highest BCUT2D eigenvalue weighted by molar-refractivity contribution is 7.89. The Morgan fingerprint density at radius 2 is 1.52 bits per heavy atom. The molecule has 25 heavy (non-hydrogen) atoms. The Bertz CT molecular complexity index is 782. The molecule has 0 saturated carbocycles. The molecule has 0 atom stereocenters. The zero-order valence-corrected chi connectivity index (χ0v) is 15.6. The zero-order valence-electron chi connectivity index (χ0n) is 14.8. The second-order valence-corrected chi connectivity index (χ2v) is 8.74. The lowest BCUT2D eigenvalue weighted by atomic mass is 10.1. The van der Waals surface area contributed by atoms with E-state index in [2.05, 4.69) is 36.1 Å². The smallest absolute Gasteiger partial charge is 0.214 e. The van der Waals surface area contributed by atoms with E-state index < -0.39 is 10.0 Å². The van der Waals surface area contributed by atoms with Crippen molar-refractivity contribution in [3.8, 4) is 0 Å². The number of nitrogens with zero attached hydrogens (tertiary/aromatic N) is 2. The molecule has 1 heterocycles. The zero-order chi connectivity index (χ0) is 17.7. The van der Waals surface area contributed by atoms with E-state index >= 15 is 0 Å². The second kappa shape index (κ2) is 8.13. The second-order valence-electron chi connectivity index (χ2n) is 6.65. The first-order valence-electron chi connectivity index (χ1n) is 8.83. The van der Waals surface area contributed by atoms with Crippen LogP contribution in [0.3, 0.4) is 0 Å². The van der Waals surface area contributed by atoms with Gasteiger partial charge in [0.25, 0.3) is 0 Å². The van der Waals surface area contributed by atoms with Gasteiger partial charge in [-0.15, -0.1) is 0 Å². The fraction of sp³-hybridized carbons (Fsp3) is 0.400. The first-order valence-corrected chi connectivity index (χ1v) is 10.4. The summed E-state index contributed by atoms with van der Waals surface area (Å²) in [5.41, 5.74) is 3.69. The van der Waals surface area contributed by atoms with Crippen molar-refractivity contribution in [3.63, 3.8) is 0 Å². The quantitative estimate of drug-likeness (QED) is 0.797. The third kappa shape index (κ3) is 4.91. The van der Waals surface area contributed by atoms with E-state index in [0.717, 1.165) is 25.2 Å². The topological polar surface area (TPSA) is 40.6 Å². The van der Waals surface area contributed by atoms with Gasteiger partial charge in [-0.25, -0.2) is 8.42 Å². The van der Waals surface area contributed by atoms with Gasteiger partial charge in [0.1, 0.15) is 0 Å². The van der Waals surface area contributed by atoms with Gasteiger partial charge in [0.05, 0.1) is 5.75 Å². The number of piperazine rings is 1. The summed E-state index contributed by atoms with van der Waals surface area (Å²) in [4.78, 5) is 2.34. The molecule has 1 aliphatic heterocycles. The molecule has 1 aliphatic rings. The molecule has 3 rings (SSSR count). The first-order chi connectivity index (χ1) is 12.0. The Balaban J connectivity index is 1.52. The maximum absolute atomic E-state index is 12.6. The van der Waals surface area contributed by atoms with Crippen molar-refractivity contribution in [2.75, 3.05) is 31.9 Å². The van der Waals surface area contributed by atoms with Crippen LogP contribution in [0.1, 0.15) is 16.7 Å². The third-order valence-electron chi connectivity index (χ3n) is 4.87. The molecule has 1 saturated heterocycles. The van der Waals surface area contributed by atoms with Crippen LogP contribution < -0.4 is 0 Å². The molecule has 0 bridgehead atoms. The van der Waals surface area contributed by atoms with E-state index in [-0.39, 0.29) is 5.75 Å². The van der Waals surface area contributed by atoms with Gasteiger partial charge in [-0.3, -0.25) is 4.90 Å². The summed E-state index contributed by atoms with van der Waals surface area (Å²) < 4.78 is 26.8. The largest absolute Gasteiger partial charge is 0.296 e. The highest BCUT2D eigenvalue weighted by Crippen LogP contribution is 2.15. The van der Waals surface area contributed by atoms with Gasteiger partial charge in [-0.05, 0) is 30.0 Å². The monoisotopic (exact) mass is 358 g/mol. The summed E-state index contributed by atoms with van der Waals surface area (Å²) in [6, 6.07) is 18.2. The van der Waals surface area contributed by atoms with E-state index in [1.54, 1.807) is 4.31 Å². The molecule has 0 radical (unpaired) electrons. The number of hydrogen-bond acceptors (Lipinski definition) is 3. The minimum atomic E-state index is -3.18. The highest BCUT2D eigenvalue weighted by Gasteiger charge is 2.26. The predicted molar refractivity (Wildman–Crippen MR) is 102 cm³/mol. The number of hydrogen-bond donors (Lipinski definition) is 0. The Kier molecular flexibility index (Phi) is 5.89. The molecule has 4 nitrogen and oxygen atoms in total. The van der Waals surface area contributed by atoms with Crippen LogP contribution in [-0.2, 0) is 23.0 Å². The molecular weight excluding hydrogens is 332 g/mol. The summed E-state index contributed by atoms with van der Waals surface area (Å²) in [5.74, 6) is 0.189. The normalized spacial score (nSPS) is 16.8. The molecular formula is C20H26N2O2S. The molecule has 0 spiro atoms. The van der Waals surface area contributed by atoms with Crippen LogP contribution in [0.25, 0.3) is 0 Å². The van der Waals surface area contributed by atoms with Crippen LogP contribution in [0, 0.1) is 6.92 Å². The molecule has 2 aromatic carbocycles. The van der Waals surface area contributed by atoms with Crippen molar-refractivity contribution >= 4 is 10.0 Å². The van der Waals surface area contributed by atoms with Crippen LogP contribution in [0.15, 0.2) is 54.6 Å². The molecule has 134 valence electrons. The number of rotatable bonds is 6. The van der Waals surface area contributed by atoms with Crippen LogP contribution in [0.4, 0.5) is 0 Å². The fourth-order valence-corrected chi connectivity index (χ4v) is 4.69. The average Bonchev–Trinajstić information content (AvgIpc) is 2.63. The van der Waals surface area contributed by atoms with E-state index in [1.807, 2.05) is 30.3 Å². The summed E-state index contributed by atoms with van der Waals surface area (Å²) >= 11 is 0. The van der Waals surface area contributed by atoms with E-state index in [4.69, 9.17) is 0 Å². The van der Waals surface area contributed by atoms with Gasteiger partial charge in [-0.1, -0.05) is 54.6 Å². The minimum Gasteiger partial charge on any atom is -0.296 e. The van der Waals surface area contributed by atoms with Crippen molar-refractivity contribution in [3.05, 3.63) is 71.3 Å². The number of sulfonamides is 1. The summed E-state index contributed by atoms with van der Waals surface area (Å²) in [6.45, 7) is 5.77. The van der Waals surface area contributed by atoms with Crippen LogP contribution >= 0.6 is 0 Å². The van der Waals surface area contributed by atoms with Gasteiger partial charge in [0, 0.05) is 32.7 Å². The Morgan fingerprint density at radius 1 is 0.880 bits per heavy atom. The summed E-state index contributed by atoms with van der Waals surface area (Å²) in [6.07, 6.45) is 0.576. The minimum absolute atomic E-state index is 0.189. The lowest BCUT2D eigenvalue weighted by Gasteiger charge is -2.34. The number of aryl methyl sites for hydroxylation is 2. The highest BCUT2D eigenvalue weighted by atomic mass is 32.2. The van der Waals surface area contributed by atoms with Gasteiger partial charge in [0.15, 0.2) is 0 Å². The molecule has 5 heteroatoms. The average molecular weight is 359 g/mol. The summed E-state index contributed by atoms with van der Waals surface area (Å²) in [5, 5.41) is 0. The standard InChI is InChI=1S/C20H26N2O2S/c1-18-7-5-6-10-20(18)17-21-12-14-22(15-13-21)25(23,24)16-11-19-8-3-2-4-9-19/h2-10H,11-17H2,1H3. The Labute approximate surface area is 151 Å². The van der Waals surface area contributed by atoms with Crippen LogP contribution in [0.5, 0.6) is 0 Å².